The molecule has 11 nitrogen and oxygen atoms in total. The van der Waals surface area contributed by atoms with Gasteiger partial charge in [-0.05, 0) is 5.92 Å². The molecule has 7 N–H and O–H groups in total. The molecule has 0 aliphatic carbocycles. The smallest absolute Gasteiger partial charge is 0.322 e. The first-order valence-electron chi connectivity index (χ1n) is 8.21. The van der Waals surface area contributed by atoms with Gasteiger partial charge in [-0.15, -0.1) is 0 Å². The van der Waals surface area contributed by atoms with E-state index >= 15 is 0 Å². The van der Waals surface area contributed by atoms with Gasteiger partial charge in [0.1, 0.15) is 18.6 Å². The minimum atomic E-state index is -1.33. The quantitative estimate of drug-likeness (QED) is 0.180. The first-order valence-corrected chi connectivity index (χ1v) is 8.85. The summed E-state index contributed by atoms with van der Waals surface area (Å²) in [7, 11) is 0. The third-order valence-corrected chi connectivity index (χ3v) is 4.12. The summed E-state index contributed by atoms with van der Waals surface area (Å²) in [6.45, 7) is 2.85. The summed E-state index contributed by atoms with van der Waals surface area (Å²) in [4.78, 5) is 57.7. The predicted molar refractivity (Wildman–Crippen MR) is 98.0 cm³/mol. The highest BCUT2D eigenvalue weighted by Crippen LogP contribution is 2.09. The molecule has 0 bridgehead atoms. The Hall–Kier alpha value is -2.34. The number of carbonyl (C=O) groups is 5. The fourth-order valence-corrected chi connectivity index (χ4v) is 2.24. The second-order valence-corrected chi connectivity index (χ2v) is 6.30. The molecule has 0 aliphatic heterocycles. The highest BCUT2D eigenvalue weighted by Gasteiger charge is 2.31. The van der Waals surface area contributed by atoms with Crippen molar-refractivity contribution in [2.45, 2.75) is 44.8 Å². The van der Waals surface area contributed by atoms with Crippen LogP contribution in [0.15, 0.2) is 0 Å². The Kier molecular flexibility index (Phi) is 11.1. The van der Waals surface area contributed by atoms with Gasteiger partial charge in [-0.3, -0.25) is 24.0 Å². The van der Waals surface area contributed by atoms with Gasteiger partial charge in [0.2, 0.25) is 17.7 Å². The van der Waals surface area contributed by atoms with Crippen molar-refractivity contribution in [3.05, 3.63) is 0 Å². The number of carbonyl (C=O) groups excluding carboxylic acids is 3. The lowest BCUT2D eigenvalue weighted by molar-refractivity contribution is -0.140. The largest absolute Gasteiger partial charge is 0.481 e. The Bertz CT molecular complexity index is 572. The minimum absolute atomic E-state index is 0.100. The zero-order valence-electron chi connectivity index (χ0n) is 15.1. The van der Waals surface area contributed by atoms with E-state index in [-0.39, 0.29) is 11.7 Å². The molecule has 0 rings (SSSR count). The third-order valence-electron chi connectivity index (χ3n) is 3.75. The second-order valence-electron chi connectivity index (χ2n) is 5.93. The Morgan fingerprint density at radius 2 is 1.59 bits per heavy atom. The van der Waals surface area contributed by atoms with Gasteiger partial charge in [0.05, 0.1) is 12.5 Å². The lowest BCUT2D eigenvalue weighted by Crippen LogP contribution is -2.58. The summed E-state index contributed by atoms with van der Waals surface area (Å²) in [5.74, 6) is -5.18. The summed E-state index contributed by atoms with van der Waals surface area (Å²) in [6.07, 6.45) is -0.0964. The SMILES string of the molecule is CCC(C)C(NC(=O)C(N)CC(=O)O)C(=O)NC(CS)C(=O)NCC(=O)O. The maximum atomic E-state index is 12.5. The summed E-state index contributed by atoms with van der Waals surface area (Å²) < 4.78 is 0. The van der Waals surface area contributed by atoms with Gasteiger partial charge in [0.15, 0.2) is 0 Å². The zero-order valence-corrected chi connectivity index (χ0v) is 16.0. The van der Waals surface area contributed by atoms with E-state index < -0.39 is 60.8 Å². The van der Waals surface area contributed by atoms with Crippen molar-refractivity contribution < 1.29 is 34.2 Å². The van der Waals surface area contributed by atoms with Crippen LogP contribution in [-0.4, -0.2) is 70.3 Å². The van der Waals surface area contributed by atoms with Crippen molar-refractivity contribution in [3.63, 3.8) is 0 Å². The van der Waals surface area contributed by atoms with Crippen LogP contribution < -0.4 is 21.7 Å². The van der Waals surface area contributed by atoms with Gasteiger partial charge in [-0.2, -0.15) is 12.6 Å². The van der Waals surface area contributed by atoms with Crippen molar-refractivity contribution in [1.82, 2.24) is 16.0 Å². The first-order chi connectivity index (χ1) is 12.5. The number of carboxylic acid groups (broad SMARTS) is 2. The van der Waals surface area contributed by atoms with Crippen LogP contribution in [-0.2, 0) is 24.0 Å². The van der Waals surface area contributed by atoms with Crippen LogP contribution in [0.2, 0.25) is 0 Å². The molecule has 0 aromatic rings. The van der Waals surface area contributed by atoms with Gasteiger partial charge in [-0.25, -0.2) is 0 Å². The molecular weight excluding hydrogens is 380 g/mol. The van der Waals surface area contributed by atoms with Gasteiger partial charge in [-0.1, -0.05) is 20.3 Å². The van der Waals surface area contributed by atoms with Crippen molar-refractivity contribution in [3.8, 4) is 0 Å². The van der Waals surface area contributed by atoms with E-state index in [0.29, 0.717) is 6.42 Å². The standard InChI is InChI=1S/C15H26N4O7S/c1-3-7(2)12(19-13(24)8(16)4-10(20)21)15(26)18-9(6-27)14(25)17-5-11(22)23/h7-9,12,27H,3-6,16H2,1-2H3,(H,17,25)(H,18,26)(H,19,24)(H,20,21)(H,22,23). The lowest BCUT2D eigenvalue weighted by atomic mass is 9.97. The van der Waals surface area contributed by atoms with Crippen LogP contribution in [0.25, 0.3) is 0 Å². The number of carboxylic acids is 2. The molecule has 0 aromatic carbocycles. The Morgan fingerprint density at radius 3 is 2.04 bits per heavy atom. The molecule has 0 aliphatic rings. The van der Waals surface area contributed by atoms with Gasteiger partial charge in [0.25, 0.3) is 0 Å². The minimum Gasteiger partial charge on any atom is -0.481 e. The molecule has 12 heteroatoms. The molecule has 0 heterocycles. The number of nitrogens with one attached hydrogen (secondary N) is 3. The number of hydrogen-bond acceptors (Lipinski definition) is 7. The van der Waals surface area contributed by atoms with E-state index in [0.717, 1.165) is 0 Å². The molecule has 0 fully saturated rings. The maximum Gasteiger partial charge on any atom is 0.322 e. The Balaban J connectivity index is 5.09. The fraction of sp³-hybridized carbons (Fsp3) is 0.667. The average Bonchev–Trinajstić information content (AvgIpc) is 2.60. The molecule has 27 heavy (non-hydrogen) atoms. The Morgan fingerprint density at radius 1 is 1.00 bits per heavy atom. The molecule has 0 aromatic heterocycles. The van der Waals surface area contributed by atoms with Crippen LogP contribution in [0.5, 0.6) is 0 Å². The van der Waals surface area contributed by atoms with Gasteiger partial charge >= 0.3 is 11.9 Å². The lowest BCUT2D eigenvalue weighted by Gasteiger charge is -2.26. The predicted octanol–water partition coefficient (Wildman–Crippen LogP) is -2.07. The number of nitrogens with two attached hydrogens (primary N) is 1. The first kappa shape index (κ1) is 24.7. The van der Waals surface area contributed by atoms with Crippen molar-refractivity contribution in [2.75, 3.05) is 12.3 Å². The summed E-state index contributed by atoms with van der Waals surface area (Å²) in [5, 5.41) is 24.2. The third kappa shape index (κ3) is 9.24. The fourth-order valence-electron chi connectivity index (χ4n) is 1.98. The van der Waals surface area contributed by atoms with Crippen LogP contribution >= 0.6 is 12.6 Å². The number of rotatable bonds is 12. The molecule has 0 saturated carbocycles. The number of thiol groups is 1. The van der Waals surface area contributed by atoms with E-state index in [2.05, 4.69) is 28.6 Å². The summed E-state index contributed by atoms with van der Waals surface area (Å²) >= 11 is 3.96. The molecule has 0 radical (unpaired) electrons. The Labute approximate surface area is 161 Å². The monoisotopic (exact) mass is 406 g/mol. The van der Waals surface area contributed by atoms with E-state index in [1.54, 1.807) is 13.8 Å². The second kappa shape index (κ2) is 12.1. The number of aliphatic carboxylic acids is 2. The summed E-state index contributed by atoms with van der Waals surface area (Å²) in [6, 6.07) is -3.50. The van der Waals surface area contributed by atoms with Gasteiger partial charge in [0, 0.05) is 5.75 Å². The van der Waals surface area contributed by atoms with Gasteiger partial charge < -0.3 is 31.9 Å². The molecule has 4 unspecified atom stereocenters. The van der Waals surface area contributed by atoms with Crippen molar-refractivity contribution in [2.24, 2.45) is 11.7 Å². The summed E-state index contributed by atoms with van der Waals surface area (Å²) in [5.41, 5.74) is 5.50. The van der Waals surface area contributed by atoms with Crippen LogP contribution in [0.4, 0.5) is 0 Å². The van der Waals surface area contributed by atoms with E-state index in [1.807, 2.05) is 0 Å². The highest BCUT2D eigenvalue weighted by molar-refractivity contribution is 7.80. The average molecular weight is 406 g/mol. The van der Waals surface area contributed by atoms with E-state index in [9.17, 15) is 24.0 Å². The van der Waals surface area contributed by atoms with Crippen LogP contribution in [0, 0.1) is 5.92 Å². The number of hydrogen-bond donors (Lipinski definition) is 7. The molecule has 4 atom stereocenters. The van der Waals surface area contributed by atoms with Crippen LogP contribution in [0.3, 0.4) is 0 Å². The molecule has 0 spiro atoms. The van der Waals surface area contributed by atoms with Crippen molar-refractivity contribution >= 4 is 42.3 Å². The van der Waals surface area contributed by atoms with Crippen LogP contribution in [0.1, 0.15) is 26.7 Å². The zero-order chi connectivity index (χ0) is 21.1. The van der Waals surface area contributed by atoms with E-state index in [1.165, 1.54) is 0 Å². The molecule has 0 saturated heterocycles. The molecular formula is C15H26N4O7S. The number of amides is 3. The molecule has 3 amide bonds. The maximum absolute atomic E-state index is 12.5. The topological polar surface area (TPSA) is 188 Å². The van der Waals surface area contributed by atoms with E-state index in [4.69, 9.17) is 15.9 Å². The van der Waals surface area contributed by atoms with Crippen molar-refractivity contribution in [1.29, 1.82) is 0 Å². The normalized spacial score (nSPS) is 15.0. The highest BCUT2D eigenvalue weighted by atomic mass is 32.1. The molecule has 154 valence electrons.